The first-order valence-electron chi connectivity index (χ1n) is 4.89. The van der Waals surface area contributed by atoms with Crippen LogP contribution in [0.25, 0.3) is 0 Å². The monoisotopic (exact) mass is 158 g/mol. The van der Waals surface area contributed by atoms with Gasteiger partial charge in [0.1, 0.15) is 0 Å². The van der Waals surface area contributed by atoms with Crippen LogP contribution >= 0.6 is 0 Å². The van der Waals surface area contributed by atoms with Crippen LogP contribution in [0, 0.1) is 17.3 Å². The van der Waals surface area contributed by atoms with Crippen LogP contribution in [-0.4, -0.2) is 0 Å². The molecule has 0 heterocycles. The minimum Gasteiger partial charge on any atom is -0.0683 e. The highest BCUT2D eigenvalue weighted by atomic mass is 14.3. The molecule has 0 spiro atoms. The van der Waals surface area contributed by atoms with Crippen LogP contribution in [0.15, 0.2) is 0 Å². The second-order valence-electron chi connectivity index (χ2n) is 4.13. The SMILES string of the molecule is CC.CC(C)C(C)(C)C(C)C. The molecule has 0 heteroatoms. The molecule has 0 unspecified atom stereocenters. The second kappa shape index (κ2) is 5.62. The van der Waals surface area contributed by atoms with E-state index in [0.29, 0.717) is 5.41 Å². The minimum atomic E-state index is 0.500. The number of hydrogen-bond donors (Lipinski definition) is 0. The maximum absolute atomic E-state index is 2.34. The summed E-state index contributed by atoms with van der Waals surface area (Å²) in [5, 5.41) is 0. The lowest BCUT2D eigenvalue weighted by Gasteiger charge is -2.33. The molecule has 0 aromatic rings. The molecule has 0 fully saturated rings. The Hall–Kier alpha value is 0. The molecular weight excluding hydrogens is 132 g/mol. The Morgan fingerprint density at radius 1 is 0.727 bits per heavy atom. The van der Waals surface area contributed by atoms with E-state index in [0.717, 1.165) is 11.8 Å². The van der Waals surface area contributed by atoms with Crippen molar-refractivity contribution < 1.29 is 0 Å². The van der Waals surface area contributed by atoms with Crippen LogP contribution in [0.1, 0.15) is 55.4 Å². The van der Waals surface area contributed by atoms with Gasteiger partial charge in [0.15, 0.2) is 0 Å². The molecule has 70 valence electrons. The lowest BCUT2D eigenvalue weighted by atomic mass is 9.72. The third-order valence-electron chi connectivity index (χ3n) is 2.98. The summed E-state index contributed by atoms with van der Waals surface area (Å²) in [7, 11) is 0. The molecule has 0 N–H and O–H groups in total. The molecule has 0 aromatic carbocycles. The Bertz CT molecular complexity index is 68.0. The normalized spacial score (nSPS) is 11.5. The molecule has 0 saturated carbocycles. The molecule has 0 atom stereocenters. The van der Waals surface area contributed by atoms with Gasteiger partial charge < -0.3 is 0 Å². The number of rotatable bonds is 2. The van der Waals surface area contributed by atoms with Crippen LogP contribution in [0.2, 0.25) is 0 Å². The lowest BCUT2D eigenvalue weighted by Crippen LogP contribution is -2.25. The van der Waals surface area contributed by atoms with Crippen molar-refractivity contribution in [2.45, 2.75) is 55.4 Å². The highest BCUT2D eigenvalue weighted by molar-refractivity contribution is 4.75. The zero-order valence-electron chi connectivity index (χ0n) is 9.65. The molecule has 0 radical (unpaired) electrons. The van der Waals surface area contributed by atoms with Gasteiger partial charge in [-0.1, -0.05) is 55.4 Å². The zero-order valence-corrected chi connectivity index (χ0v) is 9.65. The summed E-state index contributed by atoms with van der Waals surface area (Å²) in [4.78, 5) is 0. The van der Waals surface area contributed by atoms with Crippen molar-refractivity contribution in [3.05, 3.63) is 0 Å². The second-order valence-corrected chi connectivity index (χ2v) is 4.13. The predicted octanol–water partition coefficient (Wildman–Crippen LogP) is 4.35. The van der Waals surface area contributed by atoms with E-state index in [1.54, 1.807) is 0 Å². The number of hydrogen-bond acceptors (Lipinski definition) is 0. The molecule has 0 nitrogen and oxygen atoms in total. The molecule has 0 rings (SSSR count). The quantitative estimate of drug-likeness (QED) is 0.560. The van der Waals surface area contributed by atoms with Gasteiger partial charge in [-0.05, 0) is 17.3 Å². The topological polar surface area (TPSA) is 0 Å². The van der Waals surface area contributed by atoms with E-state index in [-0.39, 0.29) is 0 Å². The summed E-state index contributed by atoms with van der Waals surface area (Å²) in [5.74, 6) is 1.58. The van der Waals surface area contributed by atoms with Gasteiger partial charge in [-0.15, -0.1) is 0 Å². The largest absolute Gasteiger partial charge is 0.0683 e. The van der Waals surface area contributed by atoms with Gasteiger partial charge in [-0.25, -0.2) is 0 Å². The Balaban J connectivity index is 0. The van der Waals surface area contributed by atoms with E-state index in [2.05, 4.69) is 41.5 Å². The summed E-state index contributed by atoms with van der Waals surface area (Å²) in [6.45, 7) is 17.8. The van der Waals surface area contributed by atoms with Gasteiger partial charge in [0, 0.05) is 0 Å². The molecule has 0 saturated heterocycles. The van der Waals surface area contributed by atoms with Gasteiger partial charge in [0.25, 0.3) is 0 Å². The Labute approximate surface area is 73.4 Å². The van der Waals surface area contributed by atoms with Crippen molar-refractivity contribution in [1.82, 2.24) is 0 Å². The van der Waals surface area contributed by atoms with E-state index in [1.807, 2.05) is 13.8 Å². The van der Waals surface area contributed by atoms with Gasteiger partial charge in [0.05, 0.1) is 0 Å². The van der Waals surface area contributed by atoms with Gasteiger partial charge in [-0.3, -0.25) is 0 Å². The average Bonchev–Trinajstić information content (AvgIpc) is 1.91. The summed E-state index contributed by atoms with van der Waals surface area (Å²) < 4.78 is 0. The van der Waals surface area contributed by atoms with Gasteiger partial charge in [0.2, 0.25) is 0 Å². The fourth-order valence-electron chi connectivity index (χ4n) is 0.667. The van der Waals surface area contributed by atoms with E-state index in [1.165, 1.54) is 0 Å². The standard InChI is InChI=1S/C9H20.C2H6/c1-7(2)9(5,6)8(3)4;1-2/h7-8H,1-6H3;1-2H3. The van der Waals surface area contributed by atoms with E-state index in [9.17, 15) is 0 Å². The Morgan fingerprint density at radius 2 is 0.909 bits per heavy atom. The molecule has 0 aliphatic heterocycles. The molecule has 0 aromatic heterocycles. The third-order valence-corrected chi connectivity index (χ3v) is 2.98. The van der Waals surface area contributed by atoms with E-state index in [4.69, 9.17) is 0 Å². The first kappa shape index (κ1) is 13.6. The van der Waals surface area contributed by atoms with Crippen molar-refractivity contribution in [1.29, 1.82) is 0 Å². The van der Waals surface area contributed by atoms with Crippen LogP contribution in [-0.2, 0) is 0 Å². The van der Waals surface area contributed by atoms with E-state index < -0.39 is 0 Å². The highest BCUT2D eigenvalue weighted by Gasteiger charge is 2.25. The van der Waals surface area contributed by atoms with Crippen LogP contribution in [0.3, 0.4) is 0 Å². The van der Waals surface area contributed by atoms with E-state index >= 15 is 0 Å². The average molecular weight is 158 g/mol. The molecule has 0 bridgehead atoms. The fourth-order valence-corrected chi connectivity index (χ4v) is 0.667. The summed E-state index contributed by atoms with van der Waals surface area (Å²) in [6, 6.07) is 0. The molecule has 0 aliphatic carbocycles. The summed E-state index contributed by atoms with van der Waals surface area (Å²) in [5.41, 5.74) is 0.500. The minimum absolute atomic E-state index is 0.500. The first-order valence-corrected chi connectivity index (χ1v) is 4.89. The lowest BCUT2D eigenvalue weighted by molar-refractivity contribution is 0.165. The van der Waals surface area contributed by atoms with Crippen molar-refractivity contribution in [3.63, 3.8) is 0 Å². The van der Waals surface area contributed by atoms with Gasteiger partial charge >= 0.3 is 0 Å². The molecule has 0 aliphatic rings. The summed E-state index contributed by atoms with van der Waals surface area (Å²) >= 11 is 0. The van der Waals surface area contributed by atoms with Gasteiger partial charge in [-0.2, -0.15) is 0 Å². The summed E-state index contributed by atoms with van der Waals surface area (Å²) in [6.07, 6.45) is 0. The molecule has 11 heavy (non-hydrogen) atoms. The van der Waals surface area contributed by atoms with Crippen molar-refractivity contribution in [3.8, 4) is 0 Å². The van der Waals surface area contributed by atoms with Crippen molar-refractivity contribution in [2.75, 3.05) is 0 Å². The van der Waals surface area contributed by atoms with Crippen LogP contribution < -0.4 is 0 Å². The predicted molar refractivity (Wildman–Crippen MR) is 54.8 cm³/mol. The smallest absolute Gasteiger partial charge is 0.0308 e. The molecular formula is C11H26. The van der Waals surface area contributed by atoms with Crippen molar-refractivity contribution >= 4 is 0 Å². The third kappa shape index (κ3) is 4.44. The Kier molecular flexibility index (Phi) is 6.94. The fraction of sp³-hybridized carbons (Fsp3) is 1.00. The highest BCUT2D eigenvalue weighted by Crippen LogP contribution is 2.33. The first-order chi connectivity index (χ1) is 4.89. The van der Waals surface area contributed by atoms with Crippen LogP contribution in [0.4, 0.5) is 0 Å². The Morgan fingerprint density at radius 3 is 0.909 bits per heavy atom. The molecule has 0 amide bonds. The zero-order chi connectivity index (χ0) is 9.65. The van der Waals surface area contributed by atoms with Crippen molar-refractivity contribution in [2.24, 2.45) is 17.3 Å². The maximum Gasteiger partial charge on any atom is -0.0308 e. The van der Waals surface area contributed by atoms with Crippen LogP contribution in [0.5, 0.6) is 0 Å². The maximum atomic E-state index is 2.34.